The van der Waals surface area contributed by atoms with E-state index in [1.54, 1.807) is 0 Å². The number of rotatable bonds is 6. The highest BCUT2D eigenvalue weighted by molar-refractivity contribution is 5.96. The predicted octanol–water partition coefficient (Wildman–Crippen LogP) is -2.14. The number of Topliss-reactive ketones (excluding diaryl/α,β-unsaturated/α-hetero) is 1. The van der Waals surface area contributed by atoms with Gasteiger partial charge in [0, 0.05) is 6.42 Å². The second-order valence-electron chi connectivity index (χ2n) is 3.56. The lowest BCUT2D eigenvalue weighted by atomic mass is 10.1. The van der Waals surface area contributed by atoms with Crippen LogP contribution in [0.4, 0.5) is 5.95 Å². The van der Waals surface area contributed by atoms with Crippen molar-refractivity contribution in [3.8, 4) is 0 Å². The van der Waals surface area contributed by atoms with Gasteiger partial charge in [-0.05, 0) is 0 Å². The second-order valence-corrected chi connectivity index (χ2v) is 3.56. The van der Waals surface area contributed by atoms with Gasteiger partial charge in [0.25, 0.3) is 0 Å². The summed E-state index contributed by atoms with van der Waals surface area (Å²) >= 11 is 0. The molecule has 0 aliphatic carbocycles. The average Bonchev–Trinajstić information content (AvgIpc) is 2.69. The first-order chi connectivity index (χ1) is 8.45. The average molecular weight is 256 g/mol. The second kappa shape index (κ2) is 5.98. The number of imidazole rings is 1. The maximum atomic E-state index is 11.8. The first-order valence-corrected chi connectivity index (χ1v) is 5.18. The van der Waals surface area contributed by atoms with Gasteiger partial charge < -0.3 is 32.4 Å². The molecular weight excluding hydrogens is 240 g/mol. The summed E-state index contributed by atoms with van der Waals surface area (Å²) < 4.78 is 0. The molecule has 1 aromatic heterocycles. The van der Waals surface area contributed by atoms with Crippen LogP contribution in [0.25, 0.3) is 0 Å². The van der Waals surface area contributed by atoms with E-state index >= 15 is 0 Å². The van der Waals surface area contributed by atoms with E-state index in [0.717, 1.165) is 0 Å². The van der Waals surface area contributed by atoms with Crippen LogP contribution in [0, 0.1) is 0 Å². The summed E-state index contributed by atoms with van der Waals surface area (Å²) in [5.74, 6) is -0.502. The molecule has 9 nitrogen and oxygen atoms in total. The van der Waals surface area contributed by atoms with Crippen LogP contribution in [0.2, 0.25) is 0 Å². The molecule has 0 saturated carbocycles. The molecule has 18 heavy (non-hydrogen) atoms. The number of nitrogens with one attached hydrogen (secondary N) is 1. The number of aromatic nitrogens is 2. The third-order valence-electron chi connectivity index (χ3n) is 2.15. The molecule has 9 heteroatoms. The molecule has 1 atom stereocenters. The Balaban J connectivity index is 2.82. The van der Waals surface area contributed by atoms with Gasteiger partial charge in [-0.2, -0.15) is 0 Å². The Morgan fingerprint density at radius 2 is 2.17 bits per heavy atom. The Morgan fingerprint density at radius 3 is 2.72 bits per heavy atom. The van der Waals surface area contributed by atoms with Gasteiger partial charge in [-0.15, -0.1) is 0 Å². The minimum atomic E-state index is -1.24. The van der Waals surface area contributed by atoms with E-state index < -0.39 is 12.7 Å². The van der Waals surface area contributed by atoms with Gasteiger partial charge in [0.2, 0.25) is 0 Å². The molecule has 1 aromatic rings. The minimum Gasteiger partial charge on any atom is -0.393 e. The van der Waals surface area contributed by atoms with Crippen LogP contribution >= 0.6 is 0 Å². The van der Waals surface area contributed by atoms with E-state index in [0.29, 0.717) is 0 Å². The molecule has 0 saturated heterocycles. The van der Waals surface area contributed by atoms with Crippen molar-refractivity contribution in [2.75, 3.05) is 18.9 Å². The van der Waals surface area contributed by atoms with E-state index in [-0.39, 0.29) is 42.0 Å². The molecular formula is C9H16N6O3. The maximum Gasteiger partial charge on any atom is 0.198 e. The van der Waals surface area contributed by atoms with Crippen LogP contribution in [0.5, 0.6) is 0 Å². The molecule has 0 aliphatic rings. The van der Waals surface area contributed by atoms with Gasteiger partial charge in [-0.3, -0.25) is 9.79 Å². The van der Waals surface area contributed by atoms with Crippen LogP contribution in [-0.4, -0.2) is 45.1 Å². The van der Waals surface area contributed by atoms with E-state index in [2.05, 4.69) is 15.0 Å². The molecule has 100 valence electrons. The normalized spacial score (nSPS) is 12.1. The van der Waals surface area contributed by atoms with Gasteiger partial charge in [-0.25, -0.2) is 4.98 Å². The van der Waals surface area contributed by atoms with Crippen LogP contribution < -0.4 is 17.2 Å². The number of aliphatic imine (C=N–C) groups is 1. The van der Waals surface area contributed by atoms with Crippen molar-refractivity contribution in [3.05, 3.63) is 11.4 Å². The number of guanidine groups is 1. The molecule has 9 N–H and O–H groups in total. The van der Waals surface area contributed by atoms with E-state index in [1.165, 1.54) is 0 Å². The Bertz CT molecular complexity index is 451. The fraction of sp³-hybridized carbons (Fsp3) is 0.444. The van der Waals surface area contributed by atoms with Crippen molar-refractivity contribution in [1.29, 1.82) is 0 Å². The number of ketones is 1. The zero-order valence-electron chi connectivity index (χ0n) is 9.63. The summed E-state index contributed by atoms with van der Waals surface area (Å²) in [4.78, 5) is 21.8. The van der Waals surface area contributed by atoms with Crippen molar-refractivity contribution in [1.82, 2.24) is 9.97 Å². The first kappa shape index (κ1) is 13.9. The van der Waals surface area contributed by atoms with E-state index in [9.17, 15) is 9.90 Å². The predicted molar refractivity (Wildman–Crippen MR) is 64.7 cm³/mol. The van der Waals surface area contributed by atoms with Crippen molar-refractivity contribution < 1.29 is 15.0 Å². The molecule has 0 amide bonds. The highest BCUT2D eigenvalue weighted by Crippen LogP contribution is 2.17. The molecule has 1 unspecified atom stereocenters. The number of carbonyl (C=O) groups excluding carboxylic acids is 1. The number of hydrogen-bond acceptors (Lipinski definition) is 6. The number of nitrogen functional groups attached to an aromatic ring is 1. The molecule has 0 bridgehead atoms. The summed E-state index contributed by atoms with van der Waals surface area (Å²) in [7, 11) is 0. The summed E-state index contributed by atoms with van der Waals surface area (Å²) in [5.41, 5.74) is 15.7. The Morgan fingerprint density at radius 1 is 1.50 bits per heavy atom. The molecule has 0 spiro atoms. The number of carbonyl (C=O) groups is 1. The molecule has 1 heterocycles. The molecule has 1 rings (SSSR count). The van der Waals surface area contributed by atoms with Gasteiger partial charge >= 0.3 is 0 Å². The van der Waals surface area contributed by atoms with Crippen LogP contribution in [0.1, 0.15) is 28.7 Å². The number of H-pyrrole nitrogens is 1. The smallest absolute Gasteiger partial charge is 0.198 e. The maximum absolute atomic E-state index is 11.8. The van der Waals surface area contributed by atoms with Crippen molar-refractivity contribution in [2.45, 2.75) is 12.5 Å². The number of anilines is 1. The summed E-state index contributed by atoms with van der Waals surface area (Å²) in [6, 6.07) is 0. The highest BCUT2D eigenvalue weighted by Gasteiger charge is 2.21. The topological polar surface area (TPSA) is 177 Å². The van der Waals surface area contributed by atoms with Crippen LogP contribution in [-0.2, 0) is 0 Å². The van der Waals surface area contributed by atoms with Gasteiger partial charge in [0.1, 0.15) is 11.8 Å². The molecule has 0 fully saturated rings. The lowest BCUT2D eigenvalue weighted by molar-refractivity contribution is 0.0878. The number of nitrogens with two attached hydrogens (primary N) is 3. The number of aromatic amines is 1. The quantitative estimate of drug-likeness (QED) is 0.191. The zero-order chi connectivity index (χ0) is 13.7. The number of hydrogen-bond donors (Lipinski definition) is 6. The molecule has 0 aliphatic heterocycles. The Hall–Kier alpha value is -2.13. The Labute approximate surface area is 103 Å². The standard InChI is InChI=1S/C9H16N6O3/c10-8(11)13-2-1-4(17)6-7(5(18)3-16)15-9(12)14-6/h5,16,18H,1-3H2,(H4,10,11,13)(H3,12,14,15). The van der Waals surface area contributed by atoms with E-state index in [1.807, 2.05) is 0 Å². The van der Waals surface area contributed by atoms with Gasteiger partial charge in [-0.1, -0.05) is 0 Å². The summed E-state index contributed by atoms with van der Waals surface area (Å²) in [6.45, 7) is -0.432. The molecule has 0 aromatic carbocycles. The third kappa shape index (κ3) is 3.43. The minimum absolute atomic E-state index is 0.0114. The number of aliphatic hydroxyl groups is 2. The summed E-state index contributed by atoms with van der Waals surface area (Å²) in [6.07, 6.45) is -1.22. The fourth-order valence-electron chi connectivity index (χ4n) is 1.36. The first-order valence-electron chi connectivity index (χ1n) is 5.18. The fourth-order valence-corrected chi connectivity index (χ4v) is 1.36. The van der Waals surface area contributed by atoms with Crippen molar-refractivity contribution in [3.63, 3.8) is 0 Å². The lowest BCUT2D eigenvalue weighted by Gasteiger charge is -2.06. The molecule has 0 radical (unpaired) electrons. The number of aliphatic hydroxyl groups excluding tert-OH is 2. The van der Waals surface area contributed by atoms with Gasteiger partial charge in [0.15, 0.2) is 17.7 Å². The van der Waals surface area contributed by atoms with Crippen LogP contribution in [0.3, 0.4) is 0 Å². The zero-order valence-corrected chi connectivity index (χ0v) is 9.63. The van der Waals surface area contributed by atoms with Gasteiger partial charge in [0.05, 0.1) is 18.8 Å². The SMILES string of the molecule is NC(N)=NCCC(=O)c1nc(N)[nH]c1C(O)CO. The van der Waals surface area contributed by atoms with Crippen molar-refractivity contribution in [2.24, 2.45) is 16.5 Å². The monoisotopic (exact) mass is 256 g/mol. The number of nitrogens with zero attached hydrogens (tertiary/aromatic N) is 2. The third-order valence-corrected chi connectivity index (χ3v) is 2.15. The Kier molecular flexibility index (Phi) is 4.63. The lowest BCUT2D eigenvalue weighted by Crippen LogP contribution is -2.23. The highest BCUT2D eigenvalue weighted by atomic mass is 16.3. The van der Waals surface area contributed by atoms with Crippen LogP contribution in [0.15, 0.2) is 4.99 Å². The van der Waals surface area contributed by atoms with Crippen molar-refractivity contribution >= 4 is 17.7 Å². The largest absolute Gasteiger partial charge is 0.393 e. The van der Waals surface area contributed by atoms with E-state index in [4.69, 9.17) is 22.3 Å². The summed E-state index contributed by atoms with van der Waals surface area (Å²) in [5, 5.41) is 18.3.